The average Bonchev–Trinajstić information content (AvgIpc) is 2.50. The van der Waals surface area contributed by atoms with Gasteiger partial charge in [-0.3, -0.25) is 4.79 Å². The number of carbonyl (C=O) groups is 2. The summed E-state index contributed by atoms with van der Waals surface area (Å²) in [5, 5.41) is 0. The van der Waals surface area contributed by atoms with Gasteiger partial charge in [-0.25, -0.2) is 4.79 Å². The largest absolute Gasteiger partial charge is 0.450 e. The first-order valence-corrected chi connectivity index (χ1v) is 8.07. The monoisotopic (exact) mass is 297 g/mol. The highest BCUT2D eigenvalue weighted by molar-refractivity contribution is 5.77. The van der Waals surface area contributed by atoms with Crippen LogP contribution in [0.3, 0.4) is 0 Å². The Bertz CT molecular complexity index is 367. The predicted octanol–water partition coefficient (Wildman–Crippen LogP) is 1.19. The van der Waals surface area contributed by atoms with Crippen LogP contribution < -0.4 is 5.73 Å². The third kappa shape index (κ3) is 4.33. The summed E-state index contributed by atoms with van der Waals surface area (Å²) in [4.78, 5) is 27.5. The van der Waals surface area contributed by atoms with Crippen LogP contribution in [-0.2, 0) is 9.53 Å². The minimum absolute atomic E-state index is 0.170. The van der Waals surface area contributed by atoms with Crippen LogP contribution in [0.25, 0.3) is 0 Å². The zero-order chi connectivity index (χ0) is 15.2. The maximum atomic E-state index is 12.3. The van der Waals surface area contributed by atoms with Crippen LogP contribution in [0.2, 0.25) is 0 Å². The minimum atomic E-state index is -0.279. The normalized spacial score (nSPS) is 26.6. The van der Waals surface area contributed by atoms with Crippen molar-refractivity contribution in [1.82, 2.24) is 9.80 Å². The fourth-order valence-corrected chi connectivity index (χ4v) is 3.20. The lowest BCUT2D eigenvalue weighted by atomic mass is 9.82. The maximum absolute atomic E-state index is 12.3. The van der Waals surface area contributed by atoms with Crippen molar-refractivity contribution < 1.29 is 14.3 Å². The van der Waals surface area contributed by atoms with Gasteiger partial charge in [0.25, 0.3) is 0 Å². The molecule has 2 unspecified atom stereocenters. The van der Waals surface area contributed by atoms with E-state index in [1.54, 1.807) is 11.8 Å². The van der Waals surface area contributed by atoms with Gasteiger partial charge in [-0.1, -0.05) is 12.8 Å². The zero-order valence-corrected chi connectivity index (χ0v) is 12.9. The first-order chi connectivity index (χ1) is 10.1. The van der Waals surface area contributed by atoms with E-state index >= 15 is 0 Å². The number of carbonyl (C=O) groups excluding carboxylic acids is 2. The topological polar surface area (TPSA) is 75.9 Å². The Hall–Kier alpha value is -1.30. The smallest absolute Gasteiger partial charge is 0.409 e. The molecule has 1 heterocycles. The third-order valence-electron chi connectivity index (χ3n) is 4.56. The van der Waals surface area contributed by atoms with Crippen LogP contribution in [0.5, 0.6) is 0 Å². The van der Waals surface area contributed by atoms with Crippen LogP contribution in [0, 0.1) is 5.92 Å². The van der Waals surface area contributed by atoms with E-state index in [-0.39, 0.29) is 18.0 Å². The van der Waals surface area contributed by atoms with Gasteiger partial charge in [0, 0.05) is 38.6 Å². The quantitative estimate of drug-likeness (QED) is 0.849. The molecule has 1 aliphatic heterocycles. The van der Waals surface area contributed by atoms with E-state index in [1.165, 1.54) is 12.8 Å². The summed E-state index contributed by atoms with van der Waals surface area (Å²) in [6.07, 6.45) is 4.75. The lowest BCUT2D eigenvalue weighted by molar-refractivity contribution is -0.134. The molecule has 0 radical (unpaired) electrons. The molecular weight excluding hydrogens is 270 g/mol. The second-order valence-corrected chi connectivity index (χ2v) is 5.98. The molecule has 6 heteroatoms. The van der Waals surface area contributed by atoms with E-state index in [9.17, 15) is 9.59 Å². The standard InChI is InChI=1S/C15H27N3O3/c1-2-21-15(20)18-9-7-17(8-10-18)14(19)11-12-5-3-4-6-13(12)16/h12-13H,2-11,16H2,1H3. The Morgan fingerprint density at radius 1 is 1.10 bits per heavy atom. The minimum Gasteiger partial charge on any atom is -0.450 e. The number of rotatable bonds is 3. The summed E-state index contributed by atoms with van der Waals surface area (Å²) in [6.45, 7) is 4.49. The van der Waals surface area contributed by atoms with E-state index in [2.05, 4.69) is 0 Å². The SMILES string of the molecule is CCOC(=O)N1CCN(C(=O)CC2CCCCC2N)CC1. The van der Waals surface area contributed by atoms with Crippen molar-refractivity contribution in [1.29, 1.82) is 0 Å². The summed E-state index contributed by atoms with van der Waals surface area (Å²) in [6, 6.07) is 0.170. The first kappa shape index (κ1) is 16.1. The molecule has 1 aliphatic carbocycles. The molecule has 120 valence electrons. The third-order valence-corrected chi connectivity index (χ3v) is 4.56. The molecule has 6 nitrogen and oxygen atoms in total. The molecule has 1 saturated carbocycles. The van der Waals surface area contributed by atoms with Gasteiger partial charge in [0.2, 0.25) is 5.91 Å². The Morgan fingerprint density at radius 2 is 1.71 bits per heavy atom. The predicted molar refractivity (Wildman–Crippen MR) is 79.7 cm³/mol. The van der Waals surface area contributed by atoms with Gasteiger partial charge in [0.1, 0.15) is 0 Å². The summed E-state index contributed by atoms with van der Waals surface area (Å²) >= 11 is 0. The molecule has 2 fully saturated rings. The van der Waals surface area contributed by atoms with E-state index in [0.29, 0.717) is 45.1 Å². The highest BCUT2D eigenvalue weighted by Crippen LogP contribution is 2.26. The lowest BCUT2D eigenvalue weighted by Crippen LogP contribution is -2.51. The van der Waals surface area contributed by atoms with Gasteiger partial charge in [0.15, 0.2) is 0 Å². The summed E-state index contributed by atoms with van der Waals surface area (Å²) in [5.74, 6) is 0.509. The fourth-order valence-electron chi connectivity index (χ4n) is 3.20. The lowest BCUT2D eigenvalue weighted by Gasteiger charge is -2.36. The molecule has 0 bridgehead atoms. The van der Waals surface area contributed by atoms with Crippen molar-refractivity contribution in [3.8, 4) is 0 Å². The van der Waals surface area contributed by atoms with Crippen molar-refractivity contribution in [2.24, 2.45) is 11.7 Å². The van der Waals surface area contributed by atoms with Crippen LogP contribution in [0.1, 0.15) is 39.0 Å². The van der Waals surface area contributed by atoms with E-state index in [0.717, 1.165) is 12.8 Å². The Balaban J connectivity index is 1.76. The molecule has 0 spiro atoms. The molecule has 21 heavy (non-hydrogen) atoms. The average molecular weight is 297 g/mol. The van der Waals surface area contributed by atoms with Crippen molar-refractivity contribution in [2.45, 2.75) is 45.1 Å². The van der Waals surface area contributed by atoms with E-state index in [4.69, 9.17) is 10.5 Å². The fraction of sp³-hybridized carbons (Fsp3) is 0.867. The van der Waals surface area contributed by atoms with Crippen molar-refractivity contribution in [3.63, 3.8) is 0 Å². The summed E-state index contributed by atoms with van der Waals surface area (Å²) in [5.41, 5.74) is 6.11. The summed E-state index contributed by atoms with van der Waals surface area (Å²) < 4.78 is 4.98. The van der Waals surface area contributed by atoms with Gasteiger partial charge in [-0.05, 0) is 25.7 Å². The van der Waals surface area contributed by atoms with Crippen molar-refractivity contribution in [2.75, 3.05) is 32.8 Å². The molecule has 0 aromatic heterocycles. The molecule has 1 saturated heterocycles. The second kappa shape index (κ2) is 7.64. The molecular formula is C15H27N3O3. The number of nitrogens with two attached hydrogens (primary N) is 1. The molecule has 2 rings (SSSR count). The summed E-state index contributed by atoms with van der Waals surface area (Å²) in [7, 11) is 0. The first-order valence-electron chi connectivity index (χ1n) is 8.07. The Labute approximate surface area is 126 Å². The molecule has 2 N–H and O–H groups in total. The van der Waals surface area contributed by atoms with E-state index < -0.39 is 0 Å². The number of hydrogen-bond donors (Lipinski definition) is 1. The molecule has 2 amide bonds. The van der Waals surface area contributed by atoms with Crippen LogP contribution in [-0.4, -0.2) is 60.6 Å². The molecule has 2 atom stereocenters. The van der Waals surface area contributed by atoms with E-state index in [1.807, 2.05) is 4.90 Å². The number of ether oxygens (including phenoxy) is 1. The van der Waals surface area contributed by atoms with Gasteiger partial charge < -0.3 is 20.3 Å². The Morgan fingerprint density at radius 3 is 2.33 bits per heavy atom. The molecule has 0 aromatic rings. The van der Waals surface area contributed by atoms with Crippen LogP contribution in [0.4, 0.5) is 4.79 Å². The number of piperazine rings is 1. The molecule has 0 aromatic carbocycles. The zero-order valence-electron chi connectivity index (χ0n) is 12.9. The van der Waals surface area contributed by atoms with Gasteiger partial charge >= 0.3 is 6.09 Å². The van der Waals surface area contributed by atoms with Gasteiger partial charge in [0.05, 0.1) is 6.61 Å². The number of amides is 2. The number of hydrogen-bond acceptors (Lipinski definition) is 4. The van der Waals surface area contributed by atoms with Gasteiger partial charge in [-0.2, -0.15) is 0 Å². The van der Waals surface area contributed by atoms with Crippen molar-refractivity contribution >= 4 is 12.0 Å². The van der Waals surface area contributed by atoms with Gasteiger partial charge in [-0.15, -0.1) is 0 Å². The highest BCUT2D eigenvalue weighted by atomic mass is 16.6. The number of nitrogens with zero attached hydrogens (tertiary/aromatic N) is 2. The highest BCUT2D eigenvalue weighted by Gasteiger charge is 2.29. The van der Waals surface area contributed by atoms with Crippen molar-refractivity contribution in [3.05, 3.63) is 0 Å². The van der Waals surface area contributed by atoms with Crippen LogP contribution in [0.15, 0.2) is 0 Å². The van der Waals surface area contributed by atoms with Crippen LogP contribution >= 0.6 is 0 Å². The maximum Gasteiger partial charge on any atom is 0.409 e. The second-order valence-electron chi connectivity index (χ2n) is 5.98. The Kier molecular flexibility index (Phi) is 5.85. The molecule has 2 aliphatic rings.